The van der Waals surface area contributed by atoms with E-state index in [1.54, 1.807) is 25.1 Å². The fraction of sp³-hybridized carbons (Fsp3) is 0.450. The molecule has 1 fully saturated rings. The number of methoxy groups -OCH3 is 1. The first-order valence-corrected chi connectivity index (χ1v) is 9.16. The number of nitrogens with two attached hydrogens (primary N) is 1. The molecule has 0 radical (unpaired) electrons. The van der Waals surface area contributed by atoms with Crippen LogP contribution in [0, 0.1) is 11.3 Å². The van der Waals surface area contributed by atoms with E-state index < -0.39 is 23.1 Å². The maximum absolute atomic E-state index is 13.3. The molecule has 27 heavy (non-hydrogen) atoms. The highest BCUT2D eigenvalue weighted by Crippen LogP contribution is 2.51. The smallest absolute Gasteiger partial charge is 0.254 e. The molecule has 4 N–H and O–H groups in total. The van der Waals surface area contributed by atoms with Gasteiger partial charge in [0.1, 0.15) is 11.7 Å². The Bertz CT molecular complexity index is 809. The lowest BCUT2D eigenvalue weighted by Gasteiger charge is -2.46. The summed E-state index contributed by atoms with van der Waals surface area (Å²) < 4.78 is 5.30. The first-order chi connectivity index (χ1) is 12.9. The van der Waals surface area contributed by atoms with Gasteiger partial charge >= 0.3 is 0 Å². The average Bonchev–Trinajstić information content (AvgIpc) is 2.62. The summed E-state index contributed by atoms with van der Waals surface area (Å²) in [6.07, 6.45) is 3.86. The molecule has 1 aromatic carbocycles. The number of hydrogen-bond acceptors (Lipinski definition) is 4. The Hall–Kier alpha value is -2.83. The SMILES string of the molecule is COc1ccccc1NC(=O)C1=C(C)NC(=O)C(C(N)=O)C12CCCCC2. The van der Waals surface area contributed by atoms with Crippen LogP contribution in [-0.4, -0.2) is 24.8 Å². The largest absolute Gasteiger partial charge is 0.495 e. The lowest BCUT2D eigenvalue weighted by molar-refractivity contribution is -0.140. The third-order valence-electron chi connectivity index (χ3n) is 5.61. The summed E-state index contributed by atoms with van der Waals surface area (Å²) >= 11 is 0. The second kappa shape index (κ2) is 7.42. The van der Waals surface area contributed by atoms with E-state index in [0.717, 1.165) is 19.3 Å². The Kier molecular flexibility index (Phi) is 5.21. The van der Waals surface area contributed by atoms with Crippen LogP contribution in [0.4, 0.5) is 5.69 Å². The van der Waals surface area contributed by atoms with Crippen molar-refractivity contribution in [2.45, 2.75) is 39.0 Å². The van der Waals surface area contributed by atoms with Crippen LogP contribution in [0.3, 0.4) is 0 Å². The van der Waals surface area contributed by atoms with E-state index in [2.05, 4.69) is 10.6 Å². The Balaban J connectivity index is 2.04. The Morgan fingerprint density at radius 1 is 1.22 bits per heavy atom. The van der Waals surface area contributed by atoms with Crippen LogP contribution in [0.5, 0.6) is 5.75 Å². The summed E-state index contributed by atoms with van der Waals surface area (Å²) in [5, 5.41) is 5.56. The van der Waals surface area contributed by atoms with Gasteiger partial charge in [-0.25, -0.2) is 0 Å². The van der Waals surface area contributed by atoms with E-state index in [9.17, 15) is 14.4 Å². The second-order valence-corrected chi connectivity index (χ2v) is 7.20. The van der Waals surface area contributed by atoms with Gasteiger partial charge in [0, 0.05) is 16.7 Å². The number of para-hydroxylation sites is 2. The lowest BCUT2D eigenvalue weighted by atomic mass is 9.59. The van der Waals surface area contributed by atoms with Gasteiger partial charge in [-0.2, -0.15) is 0 Å². The Morgan fingerprint density at radius 2 is 1.89 bits per heavy atom. The summed E-state index contributed by atoms with van der Waals surface area (Å²) in [6, 6.07) is 7.10. The summed E-state index contributed by atoms with van der Waals surface area (Å²) in [4.78, 5) is 38.0. The van der Waals surface area contributed by atoms with Crippen molar-refractivity contribution in [1.82, 2.24) is 5.32 Å². The minimum absolute atomic E-state index is 0.342. The molecule has 1 aliphatic heterocycles. The van der Waals surface area contributed by atoms with Crippen molar-refractivity contribution in [3.63, 3.8) is 0 Å². The quantitative estimate of drug-likeness (QED) is 0.704. The molecule has 1 heterocycles. The highest BCUT2D eigenvalue weighted by atomic mass is 16.5. The predicted octanol–water partition coefficient (Wildman–Crippen LogP) is 2.09. The van der Waals surface area contributed by atoms with Crippen LogP contribution in [-0.2, 0) is 14.4 Å². The van der Waals surface area contributed by atoms with Gasteiger partial charge in [0.15, 0.2) is 0 Å². The van der Waals surface area contributed by atoms with Crippen LogP contribution < -0.4 is 21.1 Å². The van der Waals surface area contributed by atoms with Crippen LogP contribution in [0.1, 0.15) is 39.0 Å². The molecular weight excluding hydrogens is 346 g/mol. The number of nitrogens with one attached hydrogen (secondary N) is 2. The third-order valence-corrected chi connectivity index (χ3v) is 5.61. The van der Waals surface area contributed by atoms with Gasteiger partial charge in [0.2, 0.25) is 11.8 Å². The van der Waals surface area contributed by atoms with Crippen molar-refractivity contribution < 1.29 is 19.1 Å². The van der Waals surface area contributed by atoms with Crippen molar-refractivity contribution in [2.24, 2.45) is 17.1 Å². The van der Waals surface area contributed by atoms with Crippen LogP contribution >= 0.6 is 0 Å². The summed E-state index contributed by atoms with van der Waals surface area (Å²) in [6.45, 7) is 1.70. The molecule has 1 aliphatic carbocycles. The Labute approximate surface area is 158 Å². The maximum atomic E-state index is 13.3. The summed E-state index contributed by atoms with van der Waals surface area (Å²) in [7, 11) is 1.53. The number of anilines is 1. The molecule has 7 nitrogen and oxygen atoms in total. The van der Waals surface area contributed by atoms with Gasteiger partial charge in [0.25, 0.3) is 5.91 Å². The predicted molar refractivity (Wildman–Crippen MR) is 101 cm³/mol. The van der Waals surface area contributed by atoms with Crippen molar-refractivity contribution in [2.75, 3.05) is 12.4 Å². The summed E-state index contributed by atoms with van der Waals surface area (Å²) in [5.74, 6) is -1.96. The number of allylic oxidation sites excluding steroid dienone is 1. The monoisotopic (exact) mass is 371 g/mol. The highest BCUT2D eigenvalue weighted by Gasteiger charge is 2.54. The van der Waals surface area contributed by atoms with Gasteiger partial charge in [-0.3, -0.25) is 14.4 Å². The molecule has 144 valence electrons. The number of amides is 3. The molecular formula is C20H25N3O4. The third kappa shape index (κ3) is 3.29. The molecule has 3 rings (SSSR count). The van der Waals surface area contributed by atoms with Crippen molar-refractivity contribution >= 4 is 23.4 Å². The fourth-order valence-corrected chi connectivity index (χ4v) is 4.54. The van der Waals surface area contributed by atoms with Gasteiger partial charge in [-0.15, -0.1) is 0 Å². The topological polar surface area (TPSA) is 111 Å². The first kappa shape index (κ1) is 18.9. The number of rotatable bonds is 4. The molecule has 3 amide bonds. The van der Waals surface area contributed by atoms with Crippen LogP contribution in [0.2, 0.25) is 0 Å². The molecule has 1 spiro atoms. The van der Waals surface area contributed by atoms with E-state index in [-0.39, 0.29) is 5.91 Å². The van der Waals surface area contributed by atoms with Crippen molar-refractivity contribution in [3.8, 4) is 5.75 Å². The van der Waals surface area contributed by atoms with Crippen molar-refractivity contribution in [1.29, 1.82) is 0 Å². The zero-order valence-corrected chi connectivity index (χ0v) is 15.6. The molecule has 1 saturated carbocycles. The number of primary amides is 1. The maximum Gasteiger partial charge on any atom is 0.254 e. The number of ether oxygens (including phenoxy) is 1. The molecule has 1 aromatic rings. The summed E-state index contributed by atoms with van der Waals surface area (Å²) in [5.41, 5.74) is 6.19. The standard InChI is InChI=1S/C20H25N3O4/c1-12-15(18(25)23-13-8-4-5-9-14(13)27-2)20(10-6-3-7-11-20)16(17(21)24)19(26)22-12/h4-5,8-9,16H,3,6-7,10-11H2,1-2H3,(H2,21,24)(H,22,26)(H,23,25). The zero-order valence-electron chi connectivity index (χ0n) is 15.6. The van der Waals surface area contributed by atoms with E-state index >= 15 is 0 Å². The molecule has 0 aromatic heterocycles. The van der Waals surface area contributed by atoms with Crippen molar-refractivity contribution in [3.05, 3.63) is 35.5 Å². The van der Waals surface area contributed by atoms with Gasteiger partial charge in [-0.1, -0.05) is 31.4 Å². The molecule has 1 unspecified atom stereocenters. The number of hydrogen-bond donors (Lipinski definition) is 3. The fourth-order valence-electron chi connectivity index (χ4n) is 4.54. The number of benzene rings is 1. The highest BCUT2D eigenvalue weighted by molar-refractivity contribution is 6.11. The normalized spacial score (nSPS) is 21.6. The minimum Gasteiger partial charge on any atom is -0.495 e. The number of carbonyl (C=O) groups is 3. The van der Waals surface area contributed by atoms with E-state index in [1.807, 2.05) is 6.07 Å². The minimum atomic E-state index is -1.04. The molecule has 0 bridgehead atoms. The van der Waals surface area contributed by atoms with Crippen LogP contribution in [0.25, 0.3) is 0 Å². The van der Waals surface area contributed by atoms with Gasteiger partial charge in [0.05, 0.1) is 12.8 Å². The first-order valence-electron chi connectivity index (χ1n) is 9.16. The second-order valence-electron chi connectivity index (χ2n) is 7.20. The van der Waals surface area contributed by atoms with Crippen LogP contribution in [0.15, 0.2) is 35.5 Å². The van der Waals surface area contributed by atoms with E-state index in [4.69, 9.17) is 10.5 Å². The van der Waals surface area contributed by atoms with E-state index in [1.165, 1.54) is 7.11 Å². The zero-order chi connectivity index (χ0) is 19.6. The lowest BCUT2D eigenvalue weighted by Crippen LogP contribution is -2.56. The van der Waals surface area contributed by atoms with Gasteiger partial charge < -0.3 is 21.1 Å². The molecule has 1 atom stereocenters. The average molecular weight is 371 g/mol. The Morgan fingerprint density at radius 3 is 2.52 bits per heavy atom. The molecule has 7 heteroatoms. The van der Waals surface area contributed by atoms with E-state index in [0.29, 0.717) is 35.5 Å². The molecule has 0 saturated heterocycles. The van der Waals surface area contributed by atoms with Gasteiger partial charge in [-0.05, 0) is 31.9 Å². The number of carbonyl (C=O) groups excluding carboxylic acids is 3. The molecule has 2 aliphatic rings.